The van der Waals surface area contributed by atoms with Crippen LogP contribution in [0.4, 0.5) is 9.59 Å². The van der Waals surface area contributed by atoms with Gasteiger partial charge in [0.05, 0.1) is 5.88 Å². The fourth-order valence-electron chi connectivity index (χ4n) is 0.417. The molecule has 0 aromatic rings. The third-order valence-corrected chi connectivity index (χ3v) is 1.18. The minimum atomic E-state index is -1.52. The van der Waals surface area contributed by atoms with Gasteiger partial charge in [-0.3, -0.25) is 0 Å². The molecule has 70 valence electrons. The molecule has 1 atom stereocenters. The third kappa shape index (κ3) is 5.60. The largest absolute Gasteiger partial charge is 0.506 e. The Morgan fingerprint density at radius 1 is 1.33 bits per heavy atom. The minimum Gasteiger partial charge on any atom is -0.450 e. The van der Waals surface area contributed by atoms with Crippen LogP contribution in [0.15, 0.2) is 0 Å². The lowest BCUT2D eigenvalue weighted by Gasteiger charge is -2.10. The molecule has 0 aliphatic carbocycles. The molecular formula is C5H7ClO6. The van der Waals surface area contributed by atoms with Gasteiger partial charge in [0.25, 0.3) is 0 Å². The van der Waals surface area contributed by atoms with Gasteiger partial charge in [-0.1, -0.05) is 0 Å². The lowest BCUT2D eigenvalue weighted by molar-refractivity contribution is 0.0135. The highest BCUT2D eigenvalue weighted by Gasteiger charge is 2.14. The number of carboxylic acid groups (broad SMARTS) is 2. The Bertz CT molecular complexity index is 169. The first-order valence-electron chi connectivity index (χ1n) is 2.87. The summed E-state index contributed by atoms with van der Waals surface area (Å²) in [5, 5.41) is 16.1. The van der Waals surface area contributed by atoms with E-state index in [1.54, 1.807) is 0 Å². The van der Waals surface area contributed by atoms with Crippen molar-refractivity contribution in [2.75, 3.05) is 12.5 Å². The topological polar surface area (TPSA) is 93.1 Å². The highest BCUT2D eigenvalue weighted by atomic mass is 35.5. The first-order valence-corrected chi connectivity index (χ1v) is 3.41. The van der Waals surface area contributed by atoms with E-state index in [1.165, 1.54) is 0 Å². The standard InChI is InChI=1S/C5H7ClO6/c6-1-3(12-5(9)10)2-11-4(7)8/h3H,1-2H2,(H,7,8)(H,9,10). The second-order valence-electron chi connectivity index (χ2n) is 1.74. The quantitative estimate of drug-likeness (QED) is 0.517. The van der Waals surface area contributed by atoms with Crippen LogP contribution in [0.3, 0.4) is 0 Å². The van der Waals surface area contributed by atoms with Crippen molar-refractivity contribution in [2.45, 2.75) is 6.10 Å². The fourth-order valence-corrected chi connectivity index (χ4v) is 0.569. The average Bonchev–Trinajstić information content (AvgIpc) is 1.97. The molecule has 0 saturated carbocycles. The van der Waals surface area contributed by atoms with E-state index >= 15 is 0 Å². The van der Waals surface area contributed by atoms with Gasteiger partial charge >= 0.3 is 12.3 Å². The average molecular weight is 199 g/mol. The van der Waals surface area contributed by atoms with Crippen LogP contribution in [-0.2, 0) is 9.47 Å². The monoisotopic (exact) mass is 198 g/mol. The van der Waals surface area contributed by atoms with Gasteiger partial charge in [-0.05, 0) is 0 Å². The molecule has 0 aliphatic heterocycles. The molecule has 0 amide bonds. The predicted octanol–water partition coefficient (Wildman–Crippen LogP) is 0.983. The van der Waals surface area contributed by atoms with E-state index in [-0.39, 0.29) is 5.88 Å². The molecule has 0 saturated heterocycles. The molecule has 0 rings (SSSR count). The summed E-state index contributed by atoms with van der Waals surface area (Å²) in [5.41, 5.74) is 0. The molecule has 0 aromatic heterocycles. The van der Waals surface area contributed by atoms with E-state index < -0.39 is 25.0 Å². The number of rotatable bonds is 4. The van der Waals surface area contributed by atoms with E-state index in [0.717, 1.165) is 0 Å². The molecule has 0 spiro atoms. The van der Waals surface area contributed by atoms with Crippen LogP contribution >= 0.6 is 11.6 Å². The van der Waals surface area contributed by atoms with Crippen molar-refractivity contribution in [1.29, 1.82) is 0 Å². The summed E-state index contributed by atoms with van der Waals surface area (Å²) in [4.78, 5) is 19.8. The number of hydrogen-bond acceptors (Lipinski definition) is 4. The summed E-state index contributed by atoms with van der Waals surface area (Å²) < 4.78 is 8.19. The van der Waals surface area contributed by atoms with E-state index in [9.17, 15) is 9.59 Å². The first-order chi connectivity index (χ1) is 5.56. The number of hydrogen-bond donors (Lipinski definition) is 2. The van der Waals surface area contributed by atoms with Gasteiger partial charge in [-0.25, -0.2) is 9.59 Å². The van der Waals surface area contributed by atoms with E-state index in [2.05, 4.69) is 9.47 Å². The molecule has 0 bridgehead atoms. The SMILES string of the molecule is O=C(O)OCC(CCl)OC(=O)O. The third-order valence-electron chi connectivity index (χ3n) is 0.832. The Morgan fingerprint density at radius 2 is 1.92 bits per heavy atom. The number of carbonyl (C=O) groups is 2. The molecule has 0 aromatic carbocycles. The summed E-state index contributed by atoms with van der Waals surface area (Å²) in [6.45, 7) is -0.398. The van der Waals surface area contributed by atoms with Crippen LogP contribution < -0.4 is 0 Å². The van der Waals surface area contributed by atoms with Gasteiger partial charge in [0.2, 0.25) is 0 Å². The Labute approximate surface area is 72.6 Å². The van der Waals surface area contributed by atoms with Crippen molar-refractivity contribution in [1.82, 2.24) is 0 Å². The van der Waals surface area contributed by atoms with Crippen LogP contribution in [0.2, 0.25) is 0 Å². The van der Waals surface area contributed by atoms with Gasteiger partial charge < -0.3 is 19.7 Å². The summed E-state index contributed by atoms with van der Waals surface area (Å²) >= 11 is 5.23. The molecule has 0 fully saturated rings. The lowest BCUT2D eigenvalue weighted by atomic mass is 10.4. The van der Waals surface area contributed by atoms with Crippen molar-refractivity contribution in [2.24, 2.45) is 0 Å². The molecular weight excluding hydrogens is 192 g/mol. The van der Waals surface area contributed by atoms with Gasteiger partial charge in [-0.2, -0.15) is 0 Å². The van der Waals surface area contributed by atoms with Crippen molar-refractivity contribution in [3.05, 3.63) is 0 Å². The maximum atomic E-state index is 9.93. The van der Waals surface area contributed by atoms with Gasteiger partial charge in [0, 0.05) is 0 Å². The molecule has 0 radical (unpaired) electrons. The first kappa shape index (κ1) is 10.8. The fraction of sp³-hybridized carbons (Fsp3) is 0.600. The number of halogens is 1. The second-order valence-corrected chi connectivity index (χ2v) is 2.05. The molecule has 0 heterocycles. The van der Waals surface area contributed by atoms with E-state index in [4.69, 9.17) is 21.8 Å². The Hall–Kier alpha value is -1.17. The zero-order valence-corrected chi connectivity index (χ0v) is 6.65. The molecule has 1 unspecified atom stereocenters. The summed E-state index contributed by atoms with van der Waals surface area (Å²) in [6, 6.07) is 0. The predicted molar refractivity (Wildman–Crippen MR) is 37.6 cm³/mol. The van der Waals surface area contributed by atoms with Crippen LogP contribution in [0, 0.1) is 0 Å². The number of ether oxygens (including phenoxy) is 2. The summed E-state index contributed by atoms with van der Waals surface area (Å²) in [7, 11) is 0. The maximum Gasteiger partial charge on any atom is 0.506 e. The molecule has 6 nitrogen and oxygen atoms in total. The van der Waals surface area contributed by atoms with E-state index in [1.807, 2.05) is 0 Å². The van der Waals surface area contributed by atoms with Gasteiger partial charge in [-0.15, -0.1) is 11.6 Å². The zero-order valence-electron chi connectivity index (χ0n) is 5.90. The van der Waals surface area contributed by atoms with Crippen molar-refractivity contribution >= 4 is 23.9 Å². The van der Waals surface area contributed by atoms with Gasteiger partial charge in [0.1, 0.15) is 6.61 Å². The maximum absolute atomic E-state index is 9.93. The van der Waals surface area contributed by atoms with Crippen molar-refractivity contribution < 1.29 is 29.3 Å². The van der Waals surface area contributed by atoms with Crippen molar-refractivity contribution in [3.8, 4) is 0 Å². The van der Waals surface area contributed by atoms with E-state index in [0.29, 0.717) is 0 Å². The van der Waals surface area contributed by atoms with Crippen LogP contribution in [-0.4, -0.2) is 41.1 Å². The Kier molecular flexibility index (Phi) is 4.94. The summed E-state index contributed by atoms with van der Waals surface area (Å²) in [5.74, 6) is -0.153. The molecule has 0 aliphatic rings. The second kappa shape index (κ2) is 5.48. The van der Waals surface area contributed by atoms with Crippen LogP contribution in [0.25, 0.3) is 0 Å². The highest BCUT2D eigenvalue weighted by Crippen LogP contribution is 1.97. The zero-order chi connectivity index (χ0) is 9.56. The Balaban J connectivity index is 3.67. The minimum absolute atomic E-state index is 0.153. The normalized spacial score (nSPS) is 11.8. The highest BCUT2D eigenvalue weighted by molar-refractivity contribution is 6.18. The lowest BCUT2D eigenvalue weighted by Crippen LogP contribution is -2.25. The van der Waals surface area contributed by atoms with Gasteiger partial charge in [0.15, 0.2) is 6.10 Å². The molecule has 12 heavy (non-hydrogen) atoms. The molecule has 7 heteroatoms. The van der Waals surface area contributed by atoms with Crippen LogP contribution in [0.5, 0.6) is 0 Å². The van der Waals surface area contributed by atoms with Crippen molar-refractivity contribution in [3.63, 3.8) is 0 Å². The van der Waals surface area contributed by atoms with Crippen LogP contribution in [0.1, 0.15) is 0 Å². The molecule has 2 N–H and O–H groups in total. The number of alkyl halides is 1. The Morgan fingerprint density at radius 3 is 2.25 bits per heavy atom. The smallest absolute Gasteiger partial charge is 0.450 e. The summed E-state index contributed by atoms with van der Waals surface area (Å²) in [6.07, 6.45) is -3.98.